The van der Waals surface area contributed by atoms with Gasteiger partial charge >= 0.3 is 0 Å². The zero-order chi connectivity index (χ0) is 17.0. The summed E-state index contributed by atoms with van der Waals surface area (Å²) in [5.74, 6) is 0.814. The second-order valence-corrected chi connectivity index (χ2v) is 7.69. The molecule has 2 heterocycles. The molecular weight excluding hydrogens is 318 g/mol. The van der Waals surface area contributed by atoms with Crippen LogP contribution in [0.1, 0.15) is 35.4 Å². The first kappa shape index (κ1) is 18.0. The Bertz CT molecular complexity index is 646. The van der Waals surface area contributed by atoms with Gasteiger partial charge in [-0.25, -0.2) is 13.1 Å². The third-order valence-electron chi connectivity index (χ3n) is 4.36. The van der Waals surface area contributed by atoms with Crippen molar-refractivity contribution in [3.8, 4) is 0 Å². The van der Waals surface area contributed by atoms with E-state index in [1.54, 1.807) is 11.8 Å². The molecule has 1 aliphatic rings. The van der Waals surface area contributed by atoms with Gasteiger partial charge in [-0.1, -0.05) is 0 Å². The Morgan fingerprint density at radius 3 is 2.57 bits per heavy atom. The van der Waals surface area contributed by atoms with Crippen molar-refractivity contribution in [1.82, 2.24) is 14.9 Å². The lowest BCUT2D eigenvalue weighted by Crippen LogP contribution is -2.39. The van der Waals surface area contributed by atoms with E-state index in [4.69, 9.17) is 4.42 Å². The van der Waals surface area contributed by atoms with Crippen LogP contribution in [0.25, 0.3) is 0 Å². The fraction of sp³-hybridized carbons (Fsp3) is 0.667. The number of likely N-dealkylation sites (tertiary alicyclic amines) is 1. The number of aryl methyl sites for hydroxylation is 1. The molecule has 1 fully saturated rings. The standard InChI is InChI=1S/C15H25N3O4S/c1-11-13(10-14(22-11)23(20,21)17-3)15(19)18-8-5-12(6-9-18)4-7-16-2/h10,12,16-17H,4-9H2,1-3H3. The van der Waals surface area contributed by atoms with E-state index in [1.165, 1.54) is 13.1 Å². The van der Waals surface area contributed by atoms with Crippen LogP contribution in [-0.4, -0.2) is 53.0 Å². The second kappa shape index (κ2) is 7.46. The summed E-state index contributed by atoms with van der Waals surface area (Å²) in [5.41, 5.74) is 0.326. The van der Waals surface area contributed by atoms with Crippen LogP contribution >= 0.6 is 0 Å². The van der Waals surface area contributed by atoms with Crippen molar-refractivity contribution in [2.24, 2.45) is 5.92 Å². The van der Waals surface area contributed by atoms with Gasteiger partial charge in [-0.2, -0.15) is 0 Å². The number of rotatable bonds is 6. The Kier molecular flexibility index (Phi) is 5.83. The van der Waals surface area contributed by atoms with Gasteiger partial charge in [0.15, 0.2) is 0 Å². The quantitative estimate of drug-likeness (QED) is 0.803. The summed E-state index contributed by atoms with van der Waals surface area (Å²) >= 11 is 0. The minimum Gasteiger partial charge on any atom is -0.448 e. The van der Waals surface area contributed by atoms with Gasteiger partial charge in [-0.15, -0.1) is 0 Å². The Morgan fingerprint density at radius 1 is 1.35 bits per heavy atom. The zero-order valence-corrected chi connectivity index (χ0v) is 14.7. The number of furan rings is 1. The van der Waals surface area contributed by atoms with Crippen molar-refractivity contribution in [3.05, 3.63) is 17.4 Å². The first-order valence-corrected chi connectivity index (χ1v) is 9.35. The SMILES string of the molecule is CNCCC1CCN(C(=O)c2cc(S(=O)(=O)NC)oc2C)CC1. The number of nitrogens with zero attached hydrogens (tertiary/aromatic N) is 1. The third-order valence-corrected chi connectivity index (χ3v) is 5.63. The number of carbonyl (C=O) groups excluding carboxylic acids is 1. The summed E-state index contributed by atoms with van der Waals surface area (Å²) in [6, 6.07) is 1.32. The molecular formula is C15H25N3O4S. The van der Waals surface area contributed by atoms with Crippen LogP contribution in [0, 0.1) is 12.8 Å². The Morgan fingerprint density at radius 2 is 2.00 bits per heavy atom. The first-order valence-electron chi connectivity index (χ1n) is 7.87. The van der Waals surface area contributed by atoms with Crippen LogP contribution in [0.5, 0.6) is 0 Å². The molecule has 1 aromatic rings. The highest BCUT2D eigenvalue weighted by Crippen LogP contribution is 2.24. The molecule has 0 radical (unpaired) electrons. The first-order chi connectivity index (χ1) is 10.9. The molecule has 7 nitrogen and oxygen atoms in total. The fourth-order valence-corrected chi connectivity index (χ4v) is 3.55. The highest BCUT2D eigenvalue weighted by Gasteiger charge is 2.28. The van der Waals surface area contributed by atoms with Crippen molar-refractivity contribution >= 4 is 15.9 Å². The van der Waals surface area contributed by atoms with E-state index in [0.717, 1.165) is 25.8 Å². The number of hydrogen-bond donors (Lipinski definition) is 2. The molecule has 8 heteroatoms. The van der Waals surface area contributed by atoms with Crippen LogP contribution in [0.4, 0.5) is 0 Å². The monoisotopic (exact) mass is 343 g/mol. The maximum absolute atomic E-state index is 12.6. The van der Waals surface area contributed by atoms with Gasteiger partial charge in [-0.3, -0.25) is 4.79 Å². The number of carbonyl (C=O) groups is 1. The number of hydrogen-bond acceptors (Lipinski definition) is 5. The van der Waals surface area contributed by atoms with Gasteiger partial charge in [0.25, 0.3) is 15.9 Å². The lowest BCUT2D eigenvalue weighted by atomic mass is 9.93. The van der Waals surface area contributed by atoms with E-state index in [-0.39, 0.29) is 11.0 Å². The summed E-state index contributed by atoms with van der Waals surface area (Å²) in [5, 5.41) is 2.93. The van der Waals surface area contributed by atoms with Crippen LogP contribution in [0.3, 0.4) is 0 Å². The van der Waals surface area contributed by atoms with Crippen LogP contribution in [0.2, 0.25) is 0 Å². The lowest BCUT2D eigenvalue weighted by molar-refractivity contribution is 0.0685. The van der Waals surface area contributed by atoms with Gasteiger partial charge in [0.1, 0.15) is 5.76 Å². The second-order valence-electron chi connectivity index (χ2n) is 5.87. The van der Waals surface area contributed by atoms with Crippen molar-refractivity contribution < 1.29 is 17.6 Å². The van der Waals surface area contributed by atoms with Crippen molar-refractivity contribution in [3.63, 3.8) is 0 Å². The maximum atomic E-state index is 12.6. The van der Waals surface area contributed by atoms with Crippen molar-refractivity contribution in [2.45, 2.75) is 31.3 Å². The van der Waals surface area contributed by atoms with Crippen LogP contribution < -0.4 is 10.0 Å². The largest absolute Gasteiger partial charge is 0.448 e. The lowest BCUT2D eigenvalue weighted by Gasteiger charge is -2.32. The highest BCUT2D eigenvalue weighted by atomic mass is 32.2. The van der Waals surface area contributed by atoms with Crippen molar-refractivity contribution in [1.29, 1.82) is 0 Å². The summed E-state index contributed by atoms with van der Waals surface area (Å²) in [6.07, 6.45) is 3.08. The normalized spacial score (nSPS) is 16.7. The van der Waals surface area contributed by atoms with E-state index in [2.05, 4.69) is 10.0 Å². The number of piperidine rings is 1. The average Bonchev–Trinajstić information content (AvgIpc) is 2.95. The minimum absolute atomic E-state index is 0.157. The van der Waals surface area contributed by atoms with Crippen molar-refractivity contribution in [2.75, 3.05) is 33.7 Å². The van der Waals surface area contributed by atoms with E-state index >= 15 is 0 Å². The molecule has 130 valence electrons. The molecule has 0 aromatic carbocycles. The van der Waals surface area contributed by atoms with Gasteiger partial charge < -0.3 is 14.6 Å². The van der Waals surface area contributed by atoms with Gasteiger partial charge in [0, 0.05) is 19.2 Å². The van der Waals surface area contributed by atoms with Crippen LogP contribution in [0.15, 0.2) is 15.6 Å². The molecule has 0 unspecified atom stereocenters. The fourth-order valence-electron chi connectivity index (χ4n) is 2.84. The Hall–Kier alpha value is -1.38. The van der Waals surface area contributed by atoms with Gasteiger partial charge in [-0.05, 0) is 52.7 Å². The molecule has 2 N–H and O–H groups in total. The topological polar surface area (TPSA) is 91.7 Å². The number of nitrogens with one attached hydrogen (secondary N) is 2. The molecule has 1 amide bonds. The molecule has 1 aromatic heterocycles. The zero-order valence-electron chi connectivity index (χ0n) is 13.9. The molecule has 23 heavy (non-hydrogen) atoms. The number of sulfonamides is 1. The summed E-state index contributed by atoms with van der Waals surface area (Å²) < 4.78 is 31.0. The summed E-state index contributed by atoms with van der Waals surface area (Å²) in [4.78, 5) is 14.4. The Balaban J connectivity index is 2.05. The average molecular weight is 343 g/mol. The molecule has 2 rings (SSSR count). The van der Waals surface area contributed by atoms with E-state index in [9.17, 15) is 13.2 Å². The predicted molar refractivity (Wildman–Crippen MR) is 86.9 cm³/mol. The van der Waals surface area contributed by atoms with E-state index < -0.39 is 10.0 Å². The molecule has 0 bridgehead atoms. The maximum Gasteiger partial charge on any atom is 0.273 e. The van der Waals surface area contributed by atoms with E-state index in [0.29, 0.717) is 30.3 Å². The number of amides is 1. The smallest absolute Gasteiger partial charge is 0.273 e. The van der Waals surface area contributed by atoms with E-state index in [1.807, 2.05) is 7.05 Å². The minimum atomic E-state index is -3.68. The Labute approximate surface area is 137 Å². The molecule has 0 atom stereocenters. The summed E-state index contributed by atoms with van der Waals surface area (Å²) in [7, 11) is -0.426. The molecule has 0 spiro atoms. The predicted octanol–water partition coefficient (Wildman–Crippen LogP) is 0.958. The van der Waals surface area contributed by atoms with Gasteiger partial charge in [0.2, 0.25) is 5.09 Å². The van der Waals surface area contributed by atoms with Gasteiger partial charge in [0.05, 0.1) is 5.56 Å². The summed E-state index contributed by atoms with van der Waals surface area (Å²) in [6.45, 7) is 4.00. The van der Waals surface area contributed by atoms with Crippen LogP contribution in [-0.2, 0) is 10.0 Å². The molecule has 0 saturated carbocycles. The molecule has 1 saturated heterocycles. The third kappa shape index (κ3) is 4.13. The molecule has 0 aliphatic carbocycles. The molecule has 1 aliphatic heterocycles. The highest BCUT2D eigenvalue weighted by molar-refractivity contribution is 7.89.